The normalized spacial score (nSPS) is 10.7. The van der Waals surface area contributed by atoms with E-state index in [0.717, 1.165) is 23.7 Å². The summed E-state index contributed by atoms with van der Waals surface area (Å²) in [6.07, 6.45) is 0.835. The molecule has 0 saturated carbocycles. The molecule has 2 N–H and O–H groups in total. The summed E-state index contributed by atoms with van der Waals surface area (Å²) >= 11 is 7.75. The third-order valence-electron chi connectivity index (χ3n) is 3.09. The number of rotatable bonds is 5. The number of aromatic nitrogens is 1. The fourth-order valence-corrected chi connectivity index (χ4v) is 3.08. The predicted octanol–water partition coefficient (Wildman–Crippen LogP) is 3.24. The molecule has 102 valence electrons. The number of nitrogens with zero attached hydrogens (tertiary/aromatic N) is 2. The minimum Gasteiger partial charge on any atom is -0.369 e. The van der Waals surface area contributed by atoms with E-state index >= 15 is 0 Å². The van der Waals surface area contributed by atoms with Crippen LogP contribution in [-0.4, -0.2) is 18.6 Å². The lowest BCUT2D eigenvalue weighted by Crippen LogP contribution is -2.18. The van der Waals surface area contributed by atoms with Crippen molar-refractivity contribution >= 4 is 28.6 Å². The molecule has 1 aromatic heterocycles. The smallest absolute Gasteiger partial charge is 0.0798 e. The molecule has 0 saturated heterocycles. The minimum absolute atomic E-state index is 0.626. The molecule has 1 heterocycles. The standard InChI is InChI=1S/C14H18ClN3S/c1-10-14(19-9-17-10)8-18(2)13-4-3-12(15)7-11(13)5-6-16/h3-4,7,9H,5-6,8,16H2,1-2H3. The fraction of sp³-hybridized carbons (Fsp3) is 0.357. The molecule has 0 aliphatic heterocycles. The Kier molecular flexibility index (Phi) is 4.80. The zero-order valence-electron chi connectivity index (χ0n) is 11.2. The van der Waals surface area contributed by atoms with E-state index in [2.05, 4.69) is 23.0 Å². The van der Waals surface area contributed by atoms with Gasteiger partial charge in [0.05, 0.1) is 17.7 Å². The molecule has 0 aliphatic carbocycles. The lowest BCUT2D eigenvalue weighted by Gasteiger charge is -2.22. The van der Waals surface area contributed by atoms with Gasteiger partial charge < -0.3 is 10.6 Å². The molecule has 19 heavy (non-hydrogen) atoms. The van der Waals surface area contributed by atoms with Gasteiger partial charge in [-0.05, 0) is 43.7 Å². The second kappa shape index (κ2) is 6.37. The van der Waals surface area contributed by atoms with Gasteiger partial charge in [-0.15, -0.1) is 11.3 Å². The van der Waals surface area contributed by atoms with E-state index in [1.165, 1.54) is 16.1 Å². The highest BCUT2D eigenvalue weighted by Crippen LogP contribution is 2.26. The molecule has 0 fully saturated rings. The Labute approximate surface area is 123 Å². The van der Waals surface area contributed by atoms with Gasteiger partial charge >= 0.3 is 0 Å². The minimum atomic E-state index is 0.626. The molecule has 0 spiro atoms. The van der Waals surface area contributed by atoms with Crippen LogP contribution in [0.3, 0.4) is 0 Å². The number of aryl methyl sites for hydroxylation is 1. The maximum absolute atomic E-state index is 6.06. The first-order chi connectivity index (χ1) is 9.11. The van der Waals surface area contributed by atoms with Gasteiger partial charge in [0.1, 0.15) is 0 Å². The van der Waals surface area contributed by atoms with Crippen molar-refractivity contribution in [3.63, 3.8) is 0 Å². The van der Waals surface area contributed by atoms with Gasteiger partial charge in [0.25, 0.3) is 0 Å². The van der Waals surface area contributed by atoms with Crippen LogP contribution in [0.1, 0.15) is 16.1 Å². The zero-order chi connectivity index (χ0) is 13.8. The second-order valence-electron chi connectivity index (χ2n) is 4.53. The second-order valence-corrected chi connectivity index (χ2v) is 5.90. The highest BCUT2D eigenvalue weighted by molar-refractivity contribution is 7.09. The summed E-state index contributed by atoms with van der Waals surface area (Å²) in [5.41, 5.74) is 11.0. The van der Waals surface area contributed by atoms with Crippen molar-refractivity contribution in [2.24, 2.45) is 5.73 Å². The number of hydrogen-bond donors (Lipinski definition) is 1. The number of thiazole rings is 1. The van der Waals surface area contributed by atoms with Crippen molar-refractivity contribution in [2.45, 2.75) is 19.9 Å². The molecule has 2 aromatic rings. The average Bonchev–Trinajstić information content (AvgIpc) is 2.75. The first-order valence-corrected chi connectivity index (χ1v) is 7.46. The number of nitrogens with two attached hydrogens (primary N) is 1. The van der Waals surface area contributed by atoms with Crippen LogP contribution in [0.15, 0.2) is 23.7 Å². The van der Waals surface area contributed by atoms with Crippen LogP contribution in [0.4, 0.5) is 5.69 Å². The monoisotopic (exact) mass is 295 g/mol. The number of hydrogen-bond acceptors (Lipinski definition) is 4. The summed E-state index contributed by atoms with van der Waals surface area (Å²) in [7, 11) is 2.09. The van der Waals surface area contributed by atoms with Crippen LogP contribution in [0.2, 0.25) is 5.02 Å². The summed E-state index contributed by atoms with van der Waals surface area (Å²) in [4.78, 5) is 7.80. The summed E-state index contributed by atoms with van der Waals surface area (Å²) in [5.74, 6) is 0. The van der Waals surface area contributed by atoms with Gasteiger partial charge in [0.2, 0.25) is 0 Å². The molecule has 0 bridgehead atoms. The Balaban J connectivity index is 2.23. The van der Waals surface area contributed by atoms with Crippen molar-refractivity contribution in [1.82, 2.24) is 4.98 Å². The van der Waals surface area contributed by atoms with Crippen LogP contribution in [0.5, 0.6) is 0 Å². The van der Waals surface area contributed by atoms with Gasteiger partial charge in [-0.2, -0.15) is 0 Å². The predicted molar refractivity (Wildman–Crippen MR) is 83.2 cm³/mol. The van der Waals surface area contributed by atoms with Gasteiger partial charge in [0.15, 0.2) is 0 Å². The van der Waals surface area contributed by atoms with E-state index in [4.69, 9.17) is 17.3 Å². The van der Waals surface area contributed by atoms with E-state index in [1.54, 1.807) is 11.3 Å². The van der Waals surface area contributed by atoms with Crippen molar-refractivity contribution in [3.05, 3.63) is 44.9 Å². The largest absolute Gasteiger partial charge is 0.369 e. The Morgan fingerprint density at radius 2 is 2.21 bits per heavy atom. The van der Waals surface area contributed by atoms with E-state index in [1.807, 2.05) is 24.6 Å². The van der Waals surface area contributed by atoms with Gasteiger partial charge in [-0.25, -0.2) is 4.98 Å². The topological polar surface area (TPSA) is 42.2 Å². The molecular formula is C14H18ClN3S. The summed E-state index contributed by atoms with van der Waals surface area (Å²) < 4.78 is 0. The highest BCUT2D eigenvalue weighted by atomic mass is 35.5. The molecule has 0 amide bonds. The van der Waals surface area contributed by atoms with Crippen molar-refractivity contribution < 1.29 is 0 Å². The van der Waals surface area contributed by atoms with Crippen LogP contribution >= 0.6 is 22.9 Å². The SMILES string of the molecule is Cc1ncsc1CN(C)c1ccc(Cl)cc1CCN. The molecule has 0 atom stereocenters. The Morgan fingerprint density at radius 3 is 2.84 bits per heavy atom. The van der Waals surface area contributed by atoms with Crippen LogP contribution < -0.4 is 10.6 Å². The molecule has 3 nitrogen and oxygen atoms in total. The highest BCUT2D eigenvalue weighted by Gasteiger charge is 2.10. The third-order valence-corrected chi connectivity index (χ3v) is 4.25. The van der Waals surface area contributed by atoms with Crippen LogP contribution in [-0.2, 0) is 13.0 Å². The van der Waals surface area contributed by atoms with Crippen molar-refractivity contribution in [1.29, 1.82) is 0 Å². The van der Waals surface area contributed by atoms with E-state index in [9.17, 15) is 0 Å². The number of anilines is 1. The summed E-state index contributed by atoms with van der Waals surface area (Å²) in [6.45, 7) is 3.53. The maximum atomic E-state index is 6.06. The average molecular weight is 296 g/mol. The molecular weight excluding hydrogens is 278 g/mol. The Hall–Kier alpha value is -1.10. The molecule has 1 aromatic carbocycles. The third kappa shape index (κ3) is 3.47. The van der Waals surface area contributed by atoms with Crippen LogP contribution in [0, 0.1) is 6.92 Å². The summed E-state index contributed by atoms with van der Waals surface area (Å²) in [5, 5.41) is 0.759. The van der Waals surface area contributed by atoms with Crippen molar-refractivity contribution in [3.8, 4) is 0 Å². The first-order valence-electron chi connectivity index (χ1n) is 6.20. The molecule has 5 heteroatoms. The lowest BCUT2D eigenvalue weighted by molar-refractivity contribution is 0.895. The van der Waals surface area contributed by atoms with Gasteiger partial charge in [0, 0.05) is 22.6 Å². The maximum Gasteiger partial charge on any atom is 0.0798 e. The Morgan fingerprint density at radius 1 is 1.42 bits per heavy atom. The van der Waals surface area contributed by atoms with E-state index in [0.29, 0.717) is 6.54 Å². The van der Waals surface area contributed by atoms with Gasteiger partial charge in [-0.1, -0.05) is 11.6 Å². The molecule has 0 aliphatic rings. The molecule has 0 unspecified atom stereocenters. The molecule has 2 rings (SSSR count). The number of halogens is 1. The zero-order valence-corrected chi connectivity index (χ0v) is 12.8. The lowest BCUT2D eigenvalue weighted by atomic mass is 10.1. The molecule has 0 radical (unpaired) electrons. The van der Waals surface area contributed by atoms with E-state index in [-0.39, 0.29) is 0 Å². The Bertz CT molecular complexity index is 553. The number of benzene rings is 1. The van der Waals surface area contributed by atoms with Gasteiger partial charge in [-0.3, -0.25) is 0 Å². The quantitative estimate of drug-likeness (QED) is 0.921. The van der Waals surface area contributed by atoms with Crippen molar-refractivity contribution in [2.75, 3.05) is 18.5 Å². The van der Waals surface area contributed by atoms with Crippen LogP contribution in [0.25, 0.3) is 0 Å². The van der Waals surface area contributed by atoms with E-state index < -0.39 is 0 Å². The first kappa shape index (κ1) is 14.3. The summed E-state index contributed by atoms with van der Waals surface area (Å²) in [6, 6.07) is 5.98. The fourth-order valence-electron chi connectivity index (χ4n) is 2.06.